The van der Waals surface area contributed by atoms with Crippen LogP contribution < -0.4 is 5.32 Å². The lowest BCUT2D eigenvalue weighted by Gasteiger charge is -2.24. The van der Waals surface area contributed by atoms with Crippen LogP contribution in [-0.4, -0.2) is 45.6 Å². The average Bonchev–Trinajstić information content (AvgIpc) is 3.14. The number of anilines is 1. The van der Waals surface area contributed by atoms with Gasteiger partial charge in [-0.25, -0.2) is 9.97 Å². The van der Waals surface area contributed by atoms with Crippen molar-refractivity contribution in [1.82, 2.24) is 14.9 Å². The summed E-state index contributed by atoms with van der Waals surface area (Å²) in [5.41, 5.74) is 2.19. The molecule has 0 radical (unpaired) electrons. The minimum Gasteiger partial charge on any atom is -0.480 e. The van der Waals surface area contributed by atoms with Crippen molar-refractivity contribution < 1.29 is 9.90 Å². The fourth-order valence-corrected chi connectivity index (χ4v) is 3.04. The summed E-state index contributed by atoms with van der Waals surface area (Å²) in [6.07, 6.45) is 4.18. The number of benzene rings is 1. The summed E-state index contributed by atoms with van der Waals surface area (Å²) in [6, 6.07) is 10.3. The lowest BCUT2D eigenvalue weighted by molar-refractivity contribution is -0.134. The molecule has 0 unspecified atom stereocenters. The van der Waals surface area contributed by atoms with Gasteiger partial charge in [0.1, 0.15) is 12.4 Å². The number of carbonyl (C=O) groups is 1. The number of carboxylic acids is 1. The summed E-state index contributed by atoms with van der Waals surface area (Å²) in [5.74, 6) is 0.192. The summed E-state index contributed by atoms with van der Waals surface area (Å²) in [5, 5.41) is 11.5. The Hall–Kier alpha value is -2.47. The van der Waals surface area contributed by atoms with Gasteiger partial charge in [-0.15, -0.1) is 0 Å². The molecule has 1 aliphatic rings. The van der Waals surface area contributed by atoms with Gasteiger partial charge >= 0.3 is 5.97 Å². The topological polar surface area (TPSA) is 78.3 Å². The van der Waals surface area contributed by atoms with Crippen molar-refractivity contribution in [1.29, 1.82) is 0 Å². The van der Waals surface area contributed by atoms with Gasteiger partial charge in [0.25, 0.3) is 0 Å². The summed E-state index contributed by atoms with van der Waals surface area (Å²) < 4.78 is 0. The molecule has 1 aromatic carbocycles. The van der Waals surface area contributed by atoms with Crippen molar-refractivity contribution in [3.05, 3.63) is 42.1 Å². The lowest BCUT2D eigenvalue weighted by Crippen LogP contribution is -2.23. The highest BCUT2D eigenvalue weighted by Crippen LogP contribution is 2.27. The highest BCUT2D eigenvalue weighted by atomic mass is 16.4. The second-order valence-electron chi connectivity index (χ2n) is 6.06. The standard InChI is InChI=1S/C18H22N4O2/c1-13(22-9-2-3-10-22)14-5-4-6-15(11-14)18-19-8-7-16(21-18)20-12-17(23)24/h4-8,11,13H,2-3,9-10,12H2,1H3,(H,23,24)(H,19,20,21)/t13-/m1/s1. The first-order valence-electron chi connectivity index (χ1n) is 8.26. The molecule has 0 spiro atoms. The molecule has 6 nitrogen and oxygen atoms in total. The van der Waals surface area contributed by atoms with Crippen LogP contribution in [0.4, 0.5) is 5.82 Å². The van der Waals surface area contributed by atoms with Crippen LogP contribution in [0, 0.1) is 0 Å². The molecule has 1 atom stereocenters. The highest BCUT2D eigenvalue weighted by Gasteiger charge is 2.19. The number of nitrogens with one attached hydrogen (secondary N) is 1. The highest BCUT2D eigenvalue weighted by molar-refractivity contribution is 5.72. The zero-order valence-corrected chi connectivity index (χ0v) is 13.8. The van der Waals surface area contributed by atoms with E-state index in [2.05, 4.69) is 39.2 Å². The van der Waals surface area contributed by atoms with E-state index in [4.69, 9.17) is 5.11 Å². The molecular formula is C18H22N4O2. The van der Waals surface area contributed by atoms with Gasteiger partial charge in [0.2, 0.25) is 0 Å². The van der Waals surface area contributed by atoms with Crippen LogP contribution in [0.1, 0.15) is 31.4 Å². The van der Waals surface area contributed by atoms with Crippen LogP contribution >= 0.6 is 0 Å². The Balaban J connectivity index is 1.80. The summed E-state index contributed by atoms with van der Waals surface area (Å²) in [6.45, 7) is 4.37. The van der Waals surface area contributed by atoms with Crippen molar-refractivity contribution in [2.75, 3.05) is 25.0 Å². The molecule has 0 saturated carbocycles. The number of carboxylic acid groups (broad SMARTS) is 1. The molecule has 6 heteroatoms. The molecule has 1 saturated heterocycles. The maximum atomic E-state index is 10.7. The lowest BCUT2D eigenvalue weighted by atomic mass is 10.0. The molecule has 126 valence electrons. The van der Waals surface area contributed by atoms with E-state index in [1.54, 1.807) is 12.3 Å². The quantitative estimate of drug-likeness (QED) is 0.850. The van der Waals surface area contributed by atoms with Gasteiger partial charge in [-0.1, -0.05) is 18.2 Å². The maximum Gasteiger partial charge on any atom is 0.322 e. The number of aliphatic carboxylic acids is 1. The van der Waals surface area contributed by atoms with Gasteiger partial charge in [-0.05, 0) is 50.6 Å². The van der Waals surface area contributed by atoms with Crippen molar-refractivity contribution in [3.63, 3.8) is 0 Å². The Morgan fingerprint density at radius 2 is 2.12 bits per heavy atom. The van der Waals surface area contributed by atoms with Crippen LogP contribution in [-0.2, 0) is 4.79 Å². The fourth-order valence-electron chi connectivity index (χ4n) is 3.04. The van der Waals surface area contributed by atoms with E-state index in [1.807, 2.05) is 12.1 Å². The van der Waals surface area contributed by atoms with E-state index < -0.39 is 5.97 Å². The van der Waals surface area contributed by atoms with Crippen LogP contribution in [0.5, 0.6) is 0 Å². The fraction of sp³-hybridized carbons (Fsp3) is 0.389. The third-order valence-electron chi connectivity index (χ3n) is 4.39. The number of rotatable bonds is 6. The Morgan fingerprint density at radius 1 is 1.33 bits per heavy atom. The Labute approximate surface area is 141 Å². The molecule has 0 bridgehead atoms. The minimum atomic E-state index is -0.920. The SMILES string of the molecule is C[C@H](c1cccc(-c2nccc(NCC(=O)O)n2)c1)N1CCCC1. The van der Waals surface area contributed by atoms with Crippen LogP contribution in [0.25, 0.3) is 11.4 Å². The van der Waals surface area contributed by atoms with Crippen LogP contribution in [0.2, 0.25) is 0 Å². The molecule has 1 fully saturated rings. The van der Waals surface area contributed by atoms with E-state index in [-0.39, 0.29) is 6.54 Å². The second-order valence-corrected chi connectivity index (χ2v) is 6.06. The number of likely N-dealkylation sites (tertiary alicyclic amines) is 1. The first-order valence-corrected chi connectivity index (χ1v) is 8.26. The second kappa shape index (κ2) is 7.40. The van der Waals surface area contributed by atoms with Crippen molar-refractivity contribution in [2.45, 2.75) is 25.8 Å². The first kappa shape index (κ1) is 16.4. The summed E-state index contributed by atoms with van der Waals surface area (Å²) >= 11 is 0. The number of hydrogen-bond acceptors (Lipinski definition) is 5. The van der Waals surface area contributed by atoms with Gasteiger partial charge in [0, 0.05) is 17.8 Å². The van der Waals surface area contributed by atoms with E-state index in [9.17, 15) is 4.79 Å². The molecular weight excluding hydrogens is 304 g/mol. The van der Waals surface area contributed by atoms with E-state index in [1.165, 1.54) is 18.4 Å². The van der Waals surface area contributed by atoms with Crippen molar-refractivity contribution in [2.24, 2.45) is 0 Å². The van der Waals surface area contributed by atoms with E-state index in [0.29, 0.717) is 17.7 Å². The van der Waals surface area contributed by atoms with Gasteiger partial charge in [-0.2, -0.15) is 0 Å². The molecule has 2 aromatic rings. The molecule has 0 aliphatic carbocycles. The van der Waals surface area contributed by atoms with E-state index >= 15 is 0 Å². The third kappa shape index (κ3) is 3.89. The molecule has 24 heavy (non-hydrogen) atoms. The minimum absolute atomic E-state index is 0.164. The molecule has 1 aromatic heterocycles. The monoisotopic (exact) mass is 326 g/mol. The zero-order chi connectivity index (χ0) is 16.9. The van der Waals surface area contributed by atoms with E-state index in [0.717, 1.165) is 18.7 Å². The molecule has 0 amide bonds. The molecule has 2 N–H and O–H groups in total. The predicted molar refractivity (Wildman–Crippen MR) is 92.8 cm³/mol. The van der Waals surface area contributed by atoms with Gasteiger partial charge in [0.05, 0.1) is 0 Å². The Bertz CT molecular complexity index is 714. The predicted octanol–water partition coefficient (Wildman–Crippen LogP) is 2.80. The zero-order valence-electron chi connectivity index (χ0n) is 13.8. The van der Waals surface area contributed by atoms with Crippen LogP contribution in [0.15, 0.2) is 36.5 Å². The van der Waals surface area contributed by atoms with Crippen LogP contribution in [0.3, 0.4) is 0 Å². The molecule has 2 heterocycles. The van der Waals surface area contributed by atoms with Crippen molar-refractivity contribution >= 4 is 11.8 Å². The number of aromatic nitrogens is 2. The molecule has 1 aliphatic heterocycles. The first-order chi connectivity index (χ1) is 11.6. The smallest absolute Gasteiger partial charge is 0.322 e. The normalized spacial score (nSPS) is 16.0. The summed E-state index contributed by atoms with van der Waals surface area (Å²) in [7, 11) is 0. The maximum absolute atomic E-state index is 10.7. The Kier molecular flexibility index (Phi) is 5.05. The number of nitrogens with zero attached hydrogens (tertiary/aromatic N) is 3. The van der Waals surface area contributed by atoms with Crippen molar-refractivity contribution in [3.8, 4) is 11.4 Å². The average molecular weight is 326 g/mol. The molecule has 3 rings (SSSR count). The largest absolute Gasteiger partial charge is 0.480 e. The van der Waals surface area contributed by atoms with Gasteiger partial charge in [-0.3, -0.25) is 9.69 Å². The third-order valence-corrected chi connectivity index (χ3v) is 4.39. The number of hydrogen-bond donors (Lipinski definition) is 2. The summed E-state index contributed by atoms with van der Waals surface area (Å²) in [4.78, 5) is 21.9. The Morgan fingerprint density at radius 3 is 2.88 bits per heavy atom. The van der Waals surface area contributed by atoms with Gasteiger partial charge in [0.15, 0.2) is 5.82 Å². The van der Waals surface area contributed by atoms with Gasteiger partial charge < -0.3 is 10.4 Å².